The van der Waals surface area contributed by atoms with Crippen LogP contribution in [-0.2, 0) is 13.6 Å². The topological polar surface area (TPSA) is 55.6 Å². The van der Waals surface area contributed by atoms with Crippen molar-refractivity contribution in [2.24, 2.45) is 7.05 Å². The Morgan fingerprint density at radius 2 is 2.04 bits per heavy atom. The van der Waals surface area contributed by atoms with Crippen molar-refractivity contribution in [2.75, 3.05) is 0 Å². The monoisotopic (exact) mass is 368 g/mol. The number of hydrogen-bond donors (Lipinski definition) is 1. The van der Waals surface area contributed by atoms with Gasteiger partial charge in [0.1, 0.15) is 4.83 Å². The van der Waals surface area contributed by atoms with E-state index in [-0.39, 0.29) is 5.56 Å². The molecule has 0 saturated carbocycles. The molecule has 1 N–H and O–H groups in total. The Balaban J connectivity index is 1.85. The first-order valence-corrected chi connectivity index (χ1v) is 9.06. The van der Waals surface area contributed by atoms with E-state index in [1.165, 1.54) is 0 Å². The van der Waals surface area contributed by atoms with Crippen molar-refractivity contribution in [1.29, 1.82) is 0 Å². The van der Waals surface area contributed by atoms with E-state index in [4.69, 9.17) is 12.2 Å². The summed E-state index contributed by atoms with van der Waals surface area (Å²) in [5, 5.41) is 4.90. The summed E-state index contributed by atoms with van der Waals surface area (Å²) in [6, 6.07) is 12.0. The molecule has 4 rings (SSSR count). The highest BCUT2D eigenvalue weighted by Crippen LogP contribution is 2.30. The highest BCUT2D eigenvalue weighted by Gasteiger charge is 2.13. The van der Waals surface area contributed by atoms with E-state index >= 15 is 0 Å². The van der Waals surface area contributed by atoms with Crippen LogP contribution in [-0.4, -0.2) is 19.3 Å². The molecule has 0 fully saturated rings. The minimum absolute atomic E-state index is 0.0690. The van der Waals surface area contributed by atoms with Crippen molar-refractivity contribution < 1.29 is 0 Å². The Morgan fingerprint density at radius 1 is 1.28 bits per heavy atom. The summed E-state index contributed by atoms with van der Waals surface area (Å²) in [7, 11) is 1.89. The number of fused-ring (bicyclic) bond motifs is 1. The second kappa shape index (κ2) is 6.09. The van der Waals surface area contributed by atoms with Crippen molar-refractivity contribution >= 4 is 33.8 Å². The van der Waals surface area contributed by atoms with Gasteiger partial charge in [0.25, 0.3) is 5.56 Å². The molecule has 3 heterocycles. The fourth-order valence-corrected chi connectivity index (χ4v) is 4.17. The lowest BCUT2D eigenvalue weighted by Crippen LogP contribution is -2.22. The van der Waals surface area contributed by atoms with E-state index in [9.17, 15) is 4.79 Å². The number of rotatable bonds is 3. The Labute approximate surface area is 153 Å². The normalized spacial score (nSPS) is 11.3. The van der Waals surface area contributed by atoms with Crippen LogP contribution < -0.4 is 5.56 Å². The van der Waals surface area contributed by atoms with Gasteiger partial charge in [0.05, 0.1) is 18.1 Å². The van der Waals surface area contributed by atoms with E-state index in [1.807, 2.05) is 50.4 Å². The third kappa shape index (κ3) is 2.75. The number of nitrogens with one attached hydrogen (secondary N) is 1. The van der Waals surface area contributed by atoms with Crippen molar-refractivity contribution in [3.63, 3.8) is 0 Å². The fourth-order valence-electron chi connectivity index (χ4n) is 2.80. The highest BCUT2D eigenvalue weighted by atomic mass is 32.1. The van der Waals surface area contributed by atoms with Crippen molar-refractivity contribution in [1.82, 2.24) is 19.3 Å². The molecule has 0 aliphatic rings. The van der Waals surface area contributed by atoms with Crippen molar-refractivity contribution in [3.8, 4) is 10.4 Å². The van der Waals surface area contributed by atoms with Gasteiger partial charge in [-0.15, -0.1) is 11.3 Å². The molecule has 0 aliphatic carbocycles. The van der Waals surface area contributed by atoms with E-state index in [0.29, 0.717) is 16.7 Å². The maximum Gasteiger partial charge on any atom is 0.263 e. The first-order chi connectivity index (χ1) is 12.0. The molecule has 0 spiro atoms. The number of aromatic nitrogens is 4. The molecule has 25 heavy (non-hydrogen) atoms. The zero-order valence-electron chi connectivity index (χ0n) is 13.8. The highest BCUT2D eigenvalue weighted by molar-refractivity contribution is 7.71. The van der Waals surface area contributed by atoms with E-state index in [2.05, 4.69) is 10.1 Å². The molecular formula is C18H16N4OS2. The van der Waals surface area contributed by atoms with E-state index in [0.717, 1.165) is 26.5 Å². The molecule has 0 aliphatic heterocycles. The van der Waals surface area contributed by atoms with Crippen LogP contribution in [0.2, 0.25) is 0 Å². The summed E-state index contributed by atoms with van der Waals surface area (Å²) in [6.45, 7) is 2.40. The van der Waals surface area contributed by atoms with Gasteiger partial charge in [-0.25, -0.2) is 0 Å². The molecule has 5 nitrogen and oxygen atoms in total. The molecule has 7 heteroatoms. The van der Waals surface area contributed by atoms with Crippen LogP contribution in [0.1, 0.15) is 11.3 Å². The molecule has 3 aromatic heterocycles. The van der Waals surface area contributed by atoms with Gasteiger partial charge in [0.15, 0.2) is 4.77 Å². The maximum absolute atomic E-state index is 13.0. The number of thiophene rings is 1. The Kier molecular flexibility index (Phi) is 3.89. The SMILES string of the molecule is Cc1c(Cn2c(=S)[nH]c3sc(-c4ccccc4)cc3c2=O)cnn1C. The van der Waals surface area contributed by atoms with Gasteiger partial charge < -0.3 is 4.98 Å². The lowest BCUT2D eigenvalue weighted by Gasteiger charge is -2.06. The Hall–Kier alpha value is -2.51. The molecule has 0 bridgehead atoms. The number of aromatic amines is 1. The third-order valence-electron chi connectivity index (χ3n) is 4.40. The van der Waals surface area contributed by atoms with Crippen molar-refractivity contribution in [2.45, 2.75) is 13.5 Å². The first kappa shape index (κ1) is 16.0. The smallest absolute Gasteiger partial charge is 0.263 e. The van der Waals surface area contributed by atoms with Crippen molar-refractivity contribution in [3.05, 3.63) is 69.0 Å². The molecule has 126 valence electrons. The number of benzene rings is 1. The molecule has 0 unspecified atom stereocenters. The van der Waals surface area contributed by atoms with Crippen LogP contribution in [0.4, 0.5) is 0 Å². The number of nitrogens with zero attached hydrogens (tertiary/aromatic N) is 3. The average Bonchev–Trinajstić information content (AvgIpc) is 3.18. The summed E-state index contributed by atoms with van der Waals surface area (Å²) in [5.74, 6) is 0. The Bertz CT molecular complexity index is 1180. The summed E-state index contributed by atoms with van der Waals surface area (Å²) in [4.78, 5) is 18.0. The van der Waals surface area contributed by atoms with Gasteiger partial charge in [-0.3, -0.25) is 14.0 Å². The average molecular weight is 368 g/mol. The first-order valence-electron chi connectivity index (χ1n) is 7.84. The van der Waals surface area contributed by atoms with Gasteiger partial charge in [-0.05, 0) is 30.8 Å². The van der Waals surface area contributed by atoms with Crippen LogP contribution in [0.5, 0.6) is 0 Å². The molecule has 0 radical (unpaired) electrons. The minimum atomic E-state index is -0.0690. The zero-order valence-corrected chi connectivity index (χ0v) is 15.4. The summed E-state index contributed by atoms with van der Waals surface area (Å²) >= 11 is 6.98. The van der Waals surface area contributed by atoms with Gasteiger partial charge >= 0.3 is 0 Å². The summed E-state index contributed by atoms with van der Waals surface area (Å²) in [5.41, 5.74) is 3.04. The second-order valence-electron chi connectivity index (χ2n) is 5.92. The van der Waals surface area contributed by atoms with Crippen LogP contribution >= 0.6 is 23.6 Å². The van der Waals surface area contributed by atoms with Gasteiger partial charge in [-0.1, -0.05) is 30.3 Å². The molecule has 1 aromatic carbocycles. The van der Waals surface area contributed by atoms with Crippen LogP contribution in [0.25, 0.3) is 20.7 Å². The van der Waals surface area contributed by atoms with Gasteiger partial charge in [0.2, 0.25) is 0 Å². The van der Waals surface area contributed by atoms with Gasteiger partial charge in [0, 0.05) is 23.2 Å². The lowest BCUT2D eigenvalue weighted by molar-refractivity contribution is 0.715. The summed E-state index contributed by atoms with van der Waals surface area (Å²) < 4.78 is 3.83. The predicted octanol–water partition coefficient (Wildman–Crippen LogP) is 3.88. The van der Waals surface area contributed by atoms with Crippen LogP contribution in [0.3, 0.4) is 0 Å². The molecule has 0 saturated heterocycles. The maximum atomic E-state index is 13.0. The molecular weight excluding hydrogens is 352 g/mol. The molecule has 0 atom stereocenters. The standard InChI is InChI=1S/C18H16N4OS2/c1-11-13(9-19-21(11)2)10-22-17(23)14-8-15(12-6-4-3-5-7-12)25-16(14)20-18(22)24/h3-9H,10H2,1-2H3,(H,20,24). The van der Waals surface area contributed by atoms with Crippen LogP contribution in [0, 0.1) is 11.7 Å². The second-order valence-corrected chi connectivity index (χ2v) is 7.36. The number of aryl methyl sites for hydroxylation is 1. The number of H-pyrrole nitrogens is 1. The van der Waals surface area contributed by atoms with E-state index in [1.54, 1.807) is 26.8 Å². The Morgan fingerprint density at radius 3 is 2.72 bits per heavy atom. The van der Waals surface area contributed by atoms with E-state index < -0.39 is 0 Å². The lowest BCUT2D eigenvalue weighted by atomic mass is 10.2. The molecule has 0 amide bonds. The number of hydrogen-bond acceptors (Lipinski definition) is 4. The van der Waals surface area contributed by atoms with Crippen LogP contribution in [0.15, 0.2) is 47.4 Å². The largest absolute Gasteiger partial charge is 0.323 e. The van der Waals surface area contributed by atoms with Gasteiger partial charge in [-0.2, -0.15) is 5.10 Å². The molecule has 4 aromatic rings. The predicted molar refractivity (Wildman–Crippen MR) is 104 cm³/mol. The third-order valence-corrected chi connectivity index (χ3v) is 5.82. The quantitative estimate of drug-likeness (QED) is 0.558. The zero-order chi connectivity index (χ0) is 17.6. The fraction of sp³-hybridized carbons (Fsp3) is 0.167. The summed E-state index contributed by atoms with van der Waals surface area (Å²) in [6.07, 6.45) is 1.78. The minimum Gasteiger partial charge on any atom is -0.323 e.